The molecule has 2 aliphatic rings. The van der Waals surface area contributed by atoms with Crippen LogP contribution in [0.2, 0.25) is 0 Å². The van der Waals surface area contributed by atoms with Crippen molar-refractivity contribution in [3.63, 3.8) is 0 Å². The second kappa shape index (κ2) is 11.6. The number of ether oxygens (including phenoxy) is 1. The van der Waals surface area contributed by atoms with Crippen LogP contribution in [-0.2, 0) is 9.59 Å². The van der Waals surface area contributed by atoms with E-state index in [-0.39, 0.29) is 35.5 Å². The summed E-state index contributed by atoms with van der Waals surface area (Å²) in [6.45, 7) is 4.57. The first-order valence-electron chi connectivity index (χ1n) is 13.0. The van der Waals surface area contributed by atoms with Crippen LogP contribution in [0.1, 0.15) is 76.8 Å². The van der Waals surface area contributed by atoms with Crippen molar-refractivity contribution < 1.29 is 18.7 Å². The standard InChI is InChI=1S/C28H36FN3O3/c1-3-19(2)27(33)31-26(20-8-5-4-6-9-20)28(34)32-15-7-10-25(32)21-16-24(18-30-17-21)35-23-13-11-22(29)12-14-23/h11-14,16-20,25-26H,3-10,15H2,1-2H3,(H,31,33)/t19-,25+,26+/m1/s1. The molecule has 1 N–H and O–H groups in total. The van der Waals surface area contributed by atoms with Gasteiger partial charge in [0.05, 0.1) is 12.2 Å². The van der Waals surface area contributed by atoms with Gasteiger partial charge in [0.15, 0.2) is 0 Å². The van der Waals surface area contributed by atoms with E-state index in [4.69, 9.17) is 4.74 Å². The van der Waals surface area contributed by atoms with E-state index >= 15 is 0 Å². The lowest BCUT2D eigenvalue weighted by molar-refractivity contribution is -0.140. The largest absolute Gasteiger partial charge is 0.456 e. The number of amides is 2. The number of halogens is 1. The van der Waals surface area contributed by atoms with Crippen molar-refractivity contribution in [1.29, 1.82) is 0 Å². The van der Waals surface area contributed by atoms with Crippen LogP contribution in [0.15, 0.2) is 42.7 Å². The molecule has 1 aliphatic heterocycles. The van der Waals surface area contributed by atoms with E-state index in [0.717, 1.165) is 50.5 Å². The Hall–Kier alpha value is -2.96. The predicted molar refractivity (Wildman–Crippen MR) is 132 cm³/mol. The minimum absolute atomic E-state index is 0.0147. The van der Waals surface area contributed by atoms with E-state index in [0.29, 0.717) is 18.0 Å². The van der Waals surface area contributed by atoms with Crippen LogP contribution < -0.4 is 10.1 Å². The maximum atomic E-state index is 13.9. The molecular weight excluding hydrogens is 445 g/mol. The summed E-state index contributed by atoms with van der Waals surface area (Å²) in [5.41, 5.74) is 0.908. The molecule has 1 saturated heterocycles. The third-order valence-corrected chi connectivity index (χ3v) is 7.45. The van der Waals surface area contributed by atoms with Crippen molar-refractivity contribution in [3.8, 4) is 11.5 Å². The lowest BCUT2D eigenvalue weighted by atomic mass is 9.83. The minimum Gasteiger partial charge on any atom is -0.456 e. The van der Waals surface area contributed by atoms with E-state index in [1.165, 1.54) is 18.6 Å². The first-order valence-corrected chi connectivity index (χ1v) is 13.0. The summed E-state index contributed by atoms with van der Waals surface area (Å²) >= 11 is 0. The molecule has 1 aromatic heterocycles. The monoisotopic (exact) mass is 481 g/mol. The molecule has 0 bridgehead atoms. The average Bonchev–Trinajstić information content (AvgIpc) is 3.38. The molecule has 4 rings (SSSR count). The second-order valence-corrected chi connectivity index (χ2v) is 9.89. The first kappa shape index (κ1) is 25.1. The normalized spacial score (nSPS) is 20.3. The molecule has 0 radical (unpaired) electrons. The summed E-state index contributed by atoms with van der Waals surface area (Å²) in [6.07, 6.45) is 11.2. The number of pyridine rings is 1. The van der Waals surface area contributed by atoms with Gasteiger partial charge in [-0.05, 0) is 73.9 Å². The van der Waals surface area contributed by atoms with Crippen molar-refractivity contribution in [1.82, 2.24) is 15.2 Å². The molecule has 0 spiro atoms. The van der Waals surface area contributed by atoms with Gasteiger partial charge < -0.3 is 15.0 Å². The van der Waals surface area contributed by atoms with E-state index in [9.17, 15) is 14.0 Å². The third-order valence-electron chi connectivity index (χ3n) is 7.45. The fourth-order valence-corrected chi connectivity index (χ4v) is 5.20. The lowest BCUT2D eigenvalue weighted by Crippen LogP contribution is -2.53. The summed E-state index contributed by atoms with van der Waals surface area (Å²) in [5.74, 6) is 0.781. The van der Waals surface area contributed by atoms with E-state index < -0.39 is 6.04 Å². The van der Waals surface area contributed by atoms with Crippen LogP contribution in [0, 0.1) is 17.7 Å². The highest BCUT2D eigenvalue weighted by molar-refractivity contribution is 5.89. The van der Waals surface area contributed by atoms with Gasteiger partial charge in [-0.15, -0.1) is 0 Å². The van der Waals surface area contributed by atoms with Gasteiger partial charge in [0.1, 0.15) is 23.4 Å². The quantitative estimate of drug-likeness (QED) is 0.518. The molecule has 188 valence electrons. The van der Waals surface area contributed by atoms with Crippen molar-refractivity contribution in [2.45, 2.75) is 77.3 Å². The van der Waals surface area contributed by atoms with Crippen LogP contribution >= 0.6 is 0 Å². The molecule has 3 atom stereocenters. The van der Waals surface area contributed by atoms with Crippen LogP contribution in [0.5, 0.6) is 11.5 Å². The van der Waals surface area contributed by atoms with Crippen molar-refractivity contribution in [2.75, 3.05) is 6.54 Å². The Kier molecular flexibility index (Phi) is 8.37. The Morgan fingerprint density at radius 2 is 1.83 bits per heavy atom. The number of hydrogen-bond donors (Lipinski definition) is 1. The smallest absolute Gasteiger partial charge is 0.245 e. The first-order chi connectivity index (χ1) is 17.0. The van der Waals surface area contributed by atoms with Gasteiger partial charge in [0.25, 0.3) is 0 Å². The number of rotatable bonds is 8. The molecule has 6 nitrogen and oxygen atoms in total. The van der Waals surface area contributed by atoms with E-state index in [1.807, 2.05) is 24.8 Å². The second-order valence-electron chi connectivity index (χ2n) is 9.89. The Morgan fingerprint density at radius 3 is 2.54 bits per heavy atom. The predicted octanol–water partition coefficient (Wildman–Crippen LogP) is 5.79. The van der Waals surface area contributed by atoms with Gasteiger partial charge in [0, 0.05) is 18.7 Å². The number of carbonyl (C=O) groups excluding carboxylic acids is 2. The molecule has 2 heterocycles. The van der Waals surface area contributed by atoms with Crippen molar-refractivity contribution >= 4 is 11.8 Å². The van der Waals surface area contributed by atoms with Gasteiger partial charge in [-0.1, -0.05) is 33.1 Å². The molecule has 35 heavy (non-hydrogen) atoms. The third kappa shape index (κ3) is 6.19. The van der Waals surface area contributed by atoms with Gasteiger partial charge in [0.2, 0.25) is 11.8 Å². The summed E-state index contributed by atoms with van der Waals surface area (Å²) in [7, 11) is 0. The molecular formula is C28H36FN3O3. The van der Waals surface area contributed by atoms with Crippen LogP contribution in [-0.4, -0.2) is 34.3 Å². The van der Waals surface area contributed by atoms with Gasteiger partial charge in [-0.2, -0.15) is 0 Å². The van der Waals surface area contributed by atoms with Gasteiger partial charge >= 0.3 is 0 Å². The van der Waals surface area contributed by atoms with Crippen LogP contribution in [0.25, 0.3) is 0 Å². The lowest BCUT2D eigenvalue weighted by Gasteiger charge is -2.35. The number of nitrogens with zero attached hydrogens (tertiary/aromatic N) is 2. The van der Waals surface area contributed by atoms with Crippen LogP contribution in [0.3, 0.4) is 0 Å². The number of carbonyl (C=O) groups is 2. The number of likely N-dealkylation sites (tertiary alicyclic amines) is 1. The Morgan fingerprint density at radius 1 is 1.09 bits per heavy atom. The number of nitrogens with one attached hydrogen (secondary N) is 1. The van der Waals surface area contributed by atoms with Gasteiger partial charge in [-0.3, -0.25) is 14.6 Å². The maximum Gasteiger partial charge on any atom is 0.245 e. The zero-order valence-corrected chi connectivity index (χ0v) is 20.7. The number of aromatic nitrogens is 1. The zero-order valence-electron chi connectivity index (χ0n) is 20.7. The van der Waals surface area contributed by atoms with Gasteiger partial charge in [-0.25, -0.2) is 4.39 Å². The molecule has 1 aromatic carbocycles. The topological polar surface area (TPSA) is 71.5 Å². The SMILES string of the molecule is CC[C@@H](C)C(=O)N[C@H](C(=O)N1CCC[C@H]1c1cncc(Oc2ccc(F)cc2)c1)C1CCCCC1. The Labute approximate surface area is 207 Å². The summed E-state index contributed by atoms with van der Waals surface area (Å²) < 4.78 is 19.1. The highest BCUT2D eigenvalue weighted by atomic mass is 19.1. The van der Waals surface area contributed by atoms with Crippen molar-refractivity contribution in [2.24, 2.45) is 11.8 Å². The molecule has 0 unspecified atom stereocenters. The van der Waals surface area contributed by atoms with Crippen LogP contribution in [0.4, 0.5) is 4.39 Å². The van der Waals surface area contributed by atoms with E-state index in [1.54, 1.807) is 24.5 Å². The minimum atomic E-state index is -0.482. The molecule has 7 heteroatoms. The number of hydrogen-bond acceptors (Lipinski definition) is 4. The molecule has 2 amide bonds. The zero-order chi connectivity index (χ0) is 24.8. The summed E-state index contributed by atoms with van der Waals surface area (Å²) in [5, 5.41) is 3.13. The maximum absolute atomic E-state index is 13.9. The molecule has 2 fully saturated rings. The molecule has 1 aliphatic carbocycles. The van der Waals surface area contributed by atoms with Crippen molar-refractivity contribution in [3.05, 3.63) is 54.1 Å². The summed E-state index contributed by atoms with van der Waals surface area (Å²) in [4.78, 5) is 33.0. The fourth-order valence-electron chi connectivity index (χ4n) is 5.20. The Bertz CT molecular complexity index is 1010. The molecule has 1 saturated carbocycles. The fraction of sp³-hybridized carbons (Fsp3) is 0.536. The Balaban J connectivity index is 1.53. The van der Waals surface area contributed by atoms with E-state index in [2.05, 4.69) is 10.3 Å². The highest BCUT2D eigenvalue weighted by Crippen LogP contribution is 2.36. The number of benzene rings is 1. The highest BCUT2D eigenvalue weighted by Gasteiger charge is 2.39. The molecule has 2 aromatic rings. The average molecular weight is 482 g/mol. The summed E-state index contributed by atoms with van der Waals surface area (Å²) in [6, 6.07) is 7.15.